The lowest BCUT2D eigenvalue weighted by Crippen LogP contribution is -2.27. The lowest BCUT2D eigenvalue weighted by atomic mass is 9.93. The quantitative estimate of drug-likeness (QED) is 0.249. The zero-order valence-electron chi connectivity index (χ0n) is 24.5. The Hall–Kier alpha value is -4.21. The van der Waals surface area contributed by atoms with E-state index in [1.807, 2.05) is 54.9 Å². The maximum Gasteiger partial charge on any atom is 0.291 e. The number of fused-ring (bicyclic) bond motifs is 2. The molecule has 1 unspecified atom stereocenters. The van der Waals surface area contributed by atoms with E-state index in [9.17, 15) is 9.59 Å². The van der Waals surface area contributed by atoms with Gasteiger partial charge in [0.2, 0.25) is 5.82 Å². The molecule has 222 valence electrons. The molecule has 0 spiro atoms. The van der Waals surface area contributed by atoms with Gasteiger partial charge in [-0.2, -0.15) is 4.39 Å². The van der Waals surface area contributed by atoms with E-state index in [1.165, 1.54) is 13.2 Å². The Balaban J connectivity index is 1.29. The summed E-state index contributed by atoms with van der Waals surface area (Å²) >= 11 is 6.32. The van der Waals surface area contributed by atoms with E-state index >= 15 is 4.39 Å². The molecule has 0 bridgehead atoms. The molecule has 0 saturated carbocycles. The molecule has 2 aliphatic rings. The van der Waals surface area contributed by atoms with Crippen molar-refractivity contribution in [1.29, 1.82) is 0 Å². The number of amides is 1. The molecule has 1 aliphatic carbocycles. The highest BCUT2D eigenvalue weighted by molar-refractivity contribution is 6.32. The number of carbonyl (C=O) groups excluding carboxylic acids is 2. The standard InChI is InChI=1S/C33H32ClFN4O4/c1-18-20(7-6-10-25(18)37-33(41)32-36-26-16-38(2)14-13-27(26)39(32)3)21-8-5-9-23-22(21)11-12-28(23)43-31-24(34)15-19(17-40)30(42-4)29(31)35/h5-10,15,17,28H,11-14,16H2,1-4H3,(H,37,41). The van der Waals surface area contributed by atoms with Gasteiger partial charge in [0.05, 0.1) is 23.4 Å². The summed E-state index contributed by atoms with van der Waals surface area (Å²) in [6.07, 6.45) is 2.25. The molecule has 6 rings (SSSR count). The summed E-state index contributed by atoms with van der Waals surface area (Å²) in [4.78, 5) is 31.6. The largest absolute Gasteiger partial charge is 0.493 e. The fraction of sp³-hybridized carbons (Fsp3) is 0.303. The number of methoxy groups -OCH3 is 1. The van der Waals surface area contributed by atoms with Gasteiger partial charge in [0.25, 0.3) is 5.91 Å². The number of aromatic nitrogens is 2. The third kappa shape index (κ3) is 5.06. The van der Waals surface area contributed by atoms with Crippen LogP contribution in [0.15, 0.2) is 42.5 Å². The summed E-state index contributed by atoms with van der Waals surface area (Å²) in [5.41, 5.74) is 7.73. The first-order chi connectivity index (χ1) is 20.7. The topological polar surface area (TPSA) is 85.7 Å². The molecule has 1 aromatic heterocycles. The Labute approximate surface area is 254 Å². The number of hydrogen-bond donors (Lipinski definition) is 1. The number of benzene rings is 3. The molecular weight excluding hydrogens is 571 g/mol. The average molecular weight is 603 g/mol. The van der Waals surface area contributed by atoms with E-state index in [2.05, 4.69) is 22.2 Å². The number of imidazole rings is 1. The van der Waals surface area contributed by atoms with E-state index in [0.29, 0.717) is 30.6 Å². The molecule has 10 heteroatoms. The van der Waals surface area contributed by atoms with Gasteiger partial charge in [-0.15, -0.1) is 0 Å². The van der Waals surface area contributed by atoms with Crippen molar-refractivity contribution in [3.8, 4) is 22.6 Å². The Kier molecular flexibility index (Phi) is 7.70. The molecule has 1 amide bonds. The molecule has 0 radical (unpaired) electrons. The minimum atomic E-state index is -0.804. The van der Waals surface area contributed by atoms with Gasteiger partial charge in [0.15, 0.2) is 23.6 Å². The van der Waals surface area contributed by atoms with E-state index < -0.39 is 11.9 Å². The molecule has 8 nitrogen and oxygen atoms in total. The summed E-state index contributed by atoms with van der Waals surface area (Å²) in [6, 6.07) is 13.2. The number of ether oxygens (including phenoxy) is 2. The van der Waals surface area contributed by atoms with Gasteiger partial charge in [-0.3, -0.25) is 9.59 Å². The van der Waals surface area contributed by atoms with E-state index in [1.54, 1.807) is 0 Å². The molecule has 1 atom stereocenters. The second kappa shape index (κ2) is 11.5. The van der Waals surface area contributed by atoms with E-state index in [-0.39, 0.29) is 28.0 Å². The SMILES string of the molecule is COc1c(C=O)cc(Cl)c(OC2CCc3c(-c4cccc(NC(=O)c5nc6c(n5C)CCN(C)C6)c4C)cccc32)c1F. The second-order valence-electron chi connectivity index (χ2n) is 11.1. The average Bonchev–Trinajstić information content (AvgIpc) is 3.56. The summed E-state index contributed by atoms with van der Waals surface area (Å²) in [7, 11) is 5.24. The van der Waals surface area contributed by atoms with Crippen molar-refractivity contribution in [1.82, 2.24) is 14.5 Å². The third-order valence-corrected chi connectivity index (χ3v) is 8.77. The molecule has 1 N–H and O–H groups in total. The van der Waals surface area contributed by atoms with Crippen molar-refractivity contribution in [2.75, 3.05) is 26.0 Å². The minimum absolute atomic E-state index is 0.00451. The predicted molar refractivity (Wildman–Crippen MR) is 163 cm³/mol. The van der Waals surface area contributed by atoms with Crippen LogP contribution < -0.4 is 14.8 Å². The van der Waals surface area contributed by atoms with Crippen molar-refractivity contribution in [2.45, 2.75) is 38.8 Å². The van der Waals surface area contributed by atoms with Gasteiger partial charge in [-0.1, -0.05) is 41.9 Å². The lowest BCUT2D eigenvalue weighted by molar-refractivity contribution is 0.101. The van der Waals surface area contributed by atoms with Crippen LogP contribution in [0.4, 0.5) is 10.1 Å². The summed E-state index contributed by atoms with van der Waals surface area (Å²) in [6.45, 7) is 3.65. The highest BCUT2D eigenvalue weighted by atomic mass is 35.5. The van der Waals surface area contributed by atoms with Crippen LogP contribution in [-0.4, -0.2) is 47.3 Å². The van der Waals surface area contributed by atoms with Crippen LogP contribution >= 0.6 is 11.6 Å². The van der Waals surface area contributed by atoms with Crippen molar-refractivity contribution >= 4 is 29.5 Å². The van der Waals surface area contributed by atoms with Crippen LogP contribution in [0, 0.1) is 12.7 Å². The van der Waals surface area contributed by atoms with Crippen molar-refractivity contribution < 1.29 is 23.5 Å². The summed E-state index contributed by atoms with van der Waals surface area (Å²) in [5.74, 6) is -0.998. The van der Waals surface area contributed by atoms with Crippen molar-refractivity contribution in [3.05, 3.63) is 92.8 Å². The summed E-state index contributed by atoms with van der Waals surface area (Å²) in [5, 5.41) is 3.09. The Bertz CT molecular complexity index is 1770. The first kappa shape index (κ1) is 28.9. The number of nitrogens with one attached hydrogen (secondary N) is 1. The molecule has 4 aromatic rings. The Morgan fingerprint density at radius 3 is 2.67 bits per heavy atom. The smallest absolute Gasteiger partial charge is 0.291 e. The van der Waals surface area contributed by atoms with Crippen LogP contribution in [0.2, 0.25) is 5.02 Å². The maximum atomic E-state index is 15.3. The first-order valence-electron chi connectivity index (χ1n) is 14.2. The number of likely N-dealkylation sites (N-methyl/N-ethyl adjacent to an activating group) is 1. The maximum absolute atomic E-state index is 15.3. The number of halogens is 2. The number of hydrogen-bond acceptors (Lipinski definition) is 6. The molecule has 0 saturated heterocycles. The van der Waals surface area contributed by atoms with Gasteiger partial charge < -0.3 is 24.3 Å². The van der Waals surface area contributed by atoms with Crippen LogP contribution in [-0.2, 0) is 26.4 Å². The fourth-order valence-electron chi connectivity index (χ4n) is 6.24. The van der Waals surface area contributed by atoms with E-state index in [0.717, 1.165) is 58.7 Å². The lowest BCUT2D eigenvalue weighted by Gasteiger charge is -2.21. The number of nitrogens with zero attached hydrogens (tertiary/aromatic N) is 3. The van der Waals surface area contributed by atoms with Crippen LogP contribution in [0.5, 0.6) is 11.5 Å². The molecule has 43 heavy (non-hydrogen) atoms. The monoisotopic (exact) mass is 602 g/mol. The zero-order valence-corrected chi connectivity index (χ0v) is 25.2. The molecule has 3 aromatic carbocycles. The normalized spacial score (nSPS) is 16.0. The van der Waals surface area contributed by atoms with Crippen LogP contribution in [0.25, 0.3) is 11.1 Å². The Morgan fingerprint density at radius 2 is 1.91 bits per heavy atom. The van der Waals surface area contributed by atoms with Gasteiger partial charge in [-0.05, 0) is 66.8 Å². The number of carbonyl (C=O) groups is 2. The van der Waals surface area contributed by atoms with E-state index in [4.69, 9.17) is 21.1 Å². The number of aldehydes is 1. The number of anilines is 1. The van der Waals surface area contributed by atoms with Gasteiger partial charge in [0.1, 0.15) is 6.10 Å². The number of rotatable bonds is 7. The van der Waals surface area contributed by atoms with Gasteiger partial charge in [-0.25, -0.2) is 4.98 Å². The highest BCUT2D eigenvalue weighted by Crippen LogP contribution is 2.45. The summed E-state index contributed by atoms with van der Waals surface area (Å²) < 4.78 is 28.4. The third-order valence-electron chi connectivity index (χ3n) is 8.49. The first-order valence-corrected chi connectivity index (χ1v) is 14.5. The van der Waals surface area contributed by atoms with Crippen molar-refractivity contribution in [3.63, 3.8) is 0 Å². The second-order valence-corrected chi connectivity index (χ2v) is 11.5. The molecular formula is C33H32ClFN4O4. The van der Waals surface area contributed by atoms with Gasteiger partial charge in [0, 0.05) is 37.9 Å². The van der Waals surface area contributed by atoms with Gasteiger partial charge >= 0.3 is 0 Å². The van der Waals surface area contributed by atoms with Crippen molar-refractivity contribution in [2.24, 2.45) is 7.05 Å². The minimum Gasteiger partial charge on any atom is -0.493 e. The predicted octanol–water partition coefficient (Wildman–Crippen LogP) is 6.32. The fourth-order valence-corrected chi connectivity index (χ4v) is 6.49. The Morgan fingerprint density at radius 1 is 1.14 bits per heavy atom. The highest BCUT2D eigenvalue weighted by Gasteiger charge is 2.30. The molecule has 1 aliphatic heterocycles. The molecule has 2 heterocycles. The zero-order chi connectivity index (χ0) is 30.4. The molecule has 0 fully saturated rings. The van der Waals surface area contributed by atoms with Crippen LogP contribution in [0.1, 0.15) is 61.6 Å². The van der Waals surface area contributed by atoms with Crippen LogP contribution in [0.3, 0.4) is 0 Å².